The number of ether oxygens (including phenoxy) is 3. The zero-order chi connectivity index (χ0) is 27.2. The average Bonchev–Trinajstić information content (AvgIpc) is 3.15. The van der Waals surface area contributed by atoms with E-state index >= 15 is 0 Å². The molecule has 2 aromatic rings. The minimum atomic E-state index is -0.390. The maximum atomic E-state index is 13.3. The molecule has 2 aromatic carbocycles. The Balaban J connectivity index is 1.75. The molecule has 1 atom stereocenters. The first-order valence-electron chi connectivity index (χ1n) is 13.2. The molecule has 4 rings (SSSR count). The number of aryl methyl sites for hydroxylation is 1. The van der Waals surface area contributed by atoms with Gasteiger partial charge in [-0.15, -0.1) is 0 Å². The monoisotopic (exact) mass is 523 g/mol. The van der Waals surface area contributed by atoms with Crippen LogP contribution in [-0.4, -0.2) is 45.7 Å². The first-order chi connectivity index (χ1) is 18.4. The number of amides is 2. The van der Waals surface area contributed by atoms with Gasteiger partial charge in [0.05, 0.1) is 39.6 Å². The van der Waals surface area contributed by atoms with Crippen LogP contribution in [0.2, 0.25) is 0 Å². The van der Waals surface area contributed by atoms with Crippen LogP contribution >= 0.6 is 0 Å². The fraction of sp³-hybridized carbons (Fsp3) is 0.483. The number of rotatable bonds is 8. The number of carbonyl (C=O) groups excluding carboxylic acids is 2. The Morgan fingerprint density at radius 1 is 0.921 bits per heavy atom. The van der Waals surface area contributed by atoms with Crippen LogP contribution in [-0.2, 0) is 16.0 Å². The second-order valence-electron chi connectivity index (χ2n) is 9.85. The number of methoxy groups -OCH3 is 3. The van der Waals surface area contributed by atoms with Gasteiger partial charge in [0.1, 0.15) is 0 Å². The van der Waals surface area contributed by atoms with E-state index in [1.807, 2.05) is 12.1 Å². The van der Waals surface area contributed by atoms with Crippen LogP contribution in [0.5, 0.6) is 17.2 Å². The molecule has 0 saturated heterocycles. The quantitative estimate of drug-likeness (QED) is 0.483. The van der Waals surface area contributed by atoms with Crippen molar-refractivity contribution in [3.63, 3.8) is 0 Å². The van der Waals surface area contributed by atoms with Gasteiger partial charge in [-0.25, -0.2) is 0 Å². The topological polar surface area (TPSA) is 115 Å². The van der Waals surface area contributed by atoms with Crippen molar-refractivity contribution >= 4 is 17.5 Å². The van der Waals surface area contributed by atoms with Crippen molar-refractivity contribution in [1.82, 2.24) is 10.6 Å². The molecule has 204 valence electrons. The first-order valence-corrected chi connectivity index (χ1v) is 13.2. The molecule has 0 bridgehead atoms. The van der Waals surface area contributed by atoms with E-state index in [4.69, 9.17) is 14.2 Å². The molecule has 9 nitrogen and oxygen atoms in total. The highest BCUT2D eigenvalue weighted by Gasteiger charge is 2.29. The summed E-state index contributed by atoms with van der Waals surface area (Å²) in [6.45, 7) is 1.46. The van der Waals surface area contributed by atoms with Crippen LogP contribution in [0, 0.1) is 0 Å². The van der Waals surface area contributed by atoms with Crippen LogP contribution < -0.4 is 35.6 Å². The molecule has 2 aliphatic rings. The standard InChI is InChI=1S/C29H37N3O6/c1-17(33)31-22-12-10-18-14-25(36-2)28(37-3)29(38-4)27(18)20-11-13-23(24(34)15-21(20)22)30-16-26(35)32-19-8-6-5-7-9-19/h11,13-15,19,22H,5-10,12,16H2,1-4H3,(H,30,34)(H,31,33)(H,32,35)/t22-/m0/s1. The largest absolute Gasteiger partial charge is 0.493 e. The van der Waals surface area contributed by atoms with Gasteiger partial charge in [-0.3, -0.25) is 14.4 Å². The fourth-order valence-corrected chi connectivity index (χ4v) is 5.55. The summed E-state index contributed by atoms with van der Waals surface area (Å²) < 4.78 is 17.0. The molecule has 0 unspecified atom stereocenters. The average molecular weight is 524 g/mol. The van der Waals surface area contributed by atoms with Gasteiger partial charge in [0.25, 0.3) is 0 Å². The lowest BCUT2D eigenvalue weighted by Gasteiger charge is -2.22. The van der Waals surface area contributed by atoms with Crippen molar-refractivity contribution in [2.75, 3.05) is 33.2 Å². The van der Waals surface area contributed by atoms with E-state index in [-0.39, 0.29) is 35.9 Å². The third-order valence-corrected chi connectivity index (χ3v) is 7.33. The number of hydrogen-bond donors (Lipinski definition) is 3. The summed E-state index contributed by atoms with van der Waals surface area (Å²) in [4.78, 5) is 38.0. The van der Waals surface area contributed by atoms with E-state index in [1.165, 1.54) is 13.3 Å². The number of benzene rings is 1. The molecule has 2 amide bonds. The fourth-order valence-electron chi connectivity index (χ4n) is 5.55. The number of fused-ring (bicyclic) bond motifs is 3. The van der Waals surface area contributed by atoms with Crippen molar-refractivity contribution < 1.29 is 23.8 Å². The minimum absolute atomic E-state index is 0.000471. The lowest BCUT2D eigenvalue weighted by Crippen LogP contribution is -2.39. The van der Waals surface area contributed by atoms with Gasteiger partial charge < -0.3 is 30.2 Å². The Bertz CT molecular complexity index is 1260. The predicted molar refractivity (Wildman–Crippen MR) is 146 cm³/mol. The highest BCUT2D eigenvalue weighted by Crippen LogP contribution is 2.50. The highest BCUT2D eigenvalue weighted by atomic mass is 16.5. The number of nitrogens with one attached hydrogen (secondary N) is 3. The van der Waals surface area contributed by atoms with E-state index in [1.54, 1.807) is 33.5 Å². The van der Waals surface area contributed by atoms with Gasteiger partial charge in [0, 0.05) is 18.5 Å². The Kier molecular flexibility index (Phi) is 8.76. The van der Waals surface area contributed by atoms with E-state index in [9.17, 15) is 14.4 Å². The van der Waals surface area contributed by atoms with Gasteiger partial charge in [0.15, 0.2) is 11.5 Å². The highest BCUT2D eigenvalue weighted by molar-refractivity contribution is 5.84. The molecule has 3 N–H and O–H groups in total. The second kappa shape index (κ2) is 12.2. The predicted octanol–water partition coefficient (Wildman–Crippen LogP) is 3.72. The molecule has 0 aromatic heterocycles. The molecule has 0 radical (unpaired) electrons. The molecule has 1 fully saturated rings. The van der Waals surface area contributed by atoms with Crippen LogP contribution in [0.3, 0.4) is 0 Å². The molecule has 38 heavy (non-hydrogen) atoms. The zero-order valence-electron chi connectivity index (χ0n) is 22.6. The molecule has 9 heteroatoms. The third kappa shape index (κ3) is 5.87. The lowest BCUT2D eigenvalue weighted by molar-refractivity contribution is -0.120. The Hall–Kier alpha value is -3.75. The van der Waals surface area contributed by atoms with E-state index in [2.05, 4.69) is 16.0 Å². The Morgan fingerprint density at radius 3 is 2.32 bits per heavy atom. The van der Waals surface area contributed by atoms with Gasteiger partial charge in [-0.2, -0.15) is 0 Å². The summed E-state index contributed by atoms with van der Waals surface area (Å²) in [5.41, 5.74) is 3.19. The number of carbonyl (C=O) groups is 2. The second-order valence-corrected chi connectivity index (χ2v) is 9.85. The number of anilines is 1. The van der Waals surface area contributed by atoms with Crippen molar-refractivity contribution in [3.05, 3.63) is 45.6 Å². The maximum absolute atomic E-state index is 13.3. The van der Waals surface area contributed by atoms with Gasteiger partial charge in [-0.05, 0) is 60.6 Å². The van der Waals surface area contributed by atoms with Gasteiger partial charge in [-0.1, -0.05) is 25.3 Å². The minimum Gasteiger partial charge on any atom is -0.493 e. The maximum Gasteiger partial charge on any atom is 0.239 e. The van der Waals surface area contributed by atoms with E-state index in [0.29, 0.717) is 41.3 Å². The van der Waals surface area contributed by atoms with E-state index in [0.717, 1.165) is 42.4 Å². The molecule has 1 saturated carbocycles. The van der Waals surface area contributed by atoms with Crippen molar-refractivity contribution in [2.45, 2.75) is 64.0 Å². The molecule has 0 spiro atoms. The lowest BCUT2D eigenvalue weighted by atomic mass is 9.95. The van der Waals surface area contributed by atoms with Crippen LogP contribution in [0.4, 0.5) is 5.69 Å². The molecular weight excluding hydrogens is 486 g/mol. The van der Waals surface area contributed by atoms with Crippen LogP contribution in [0.25, 0.3) is 11.1 Å². The SMILES string of the molecule is COc1cc2c(c(OC)c1OC)-c1ccc(NCC(=O)NC3CCCCC3)c(=O)cc1[C@@H](NC(C)=O)CC2. The summed E-state index contributed by atoms with van der Waals surface area (Å²) in [6.07, 6.45) is 6.64. The van der Waals surface area contributed by atoms with Crippen molar-refractivity contribution in [3.8, 4) is 28.4 Å². The van der Waals surface area contributed by atoms with Crippen molar-refractivity contribution in [1.29, 1.82) is 0 Å². The molecule has 0 aliphatic heterocycles. The summed E-state index contributed by atoms with van der Waals surface area (Å²) in [5, 5.41) is 9.09. The van der Waals surface area contributed by atoms with Crippen LogP contribution in [0.15, 0.2) is 29.1 Å². The summed E-state index contributed by atoms with van der Waals surface area (Å²) >= 11 is 0. The number of hydrogen-bond acceptors (Lipinski definition) is 7. The third-order valence-electron chi connectivity index (χ3n) is 7.33. The summed E-state index contributed by atoms with van der Waals surface area (Å²) in [7, 11) is 4.68. The van der Waals surface area contributed by atoms with E-state index < -0.39 is 0 Å². The zero-order valence-corrected chi connectivity index (χ0v) is 22.6. The molecular formula is C29H37N3O6. The van der Waals surface area contributed by atoms with Crippen molar-refractivity contribution in [2.24, 2.45) is 0 Å². The Morgan fingerprint density at radius 2 is 1.66 bits per heavy atom. The summed E-state index contributed by atoms with van der Waals surface area (Å²) in [6, 6.07) is 6.79. The smallest absolute Gasteiger partial charge is 0.239 e. The van der Waals surface area contributed by atoms with Gasteiger partial charge in [0.2, 0.25) is 23.0 Å². The Labute approximate surface area is 223 Å². The molecule has 2 aliphatic carbocycles. The first kappa shape index (κ1) is 27.3. The van der Waals surface area contributed by atoms with Gasteiger partial charge >= 0.3 is 0 Å². The van der Waals surface area contributed by atoms with Crippen LogP contribution in [0.1, 0.15) is 62.6 Å². The normalized spacial score (nSPS) is 16.8. The molecule has 0 heterocycles. The summed E-state index contributed by atoms with van der Waals surface area (Å²) in [5.74, 6) is 1.16.